The van der Waals surface area contributed by atoms with Crippen LogP contribution in [0, 0.1) is 0 Å². The first kappa shape index (κ1) is 19.3. The number of hydrogen-bond donors (Lipinski definition) is 2. The highest BCUT2D eigenvalue weighted by molar-refractivity contribution is 7.90. The van der Waals surface area contributed by atoms with Gasteiger partial charge in [-0.2, -0.15) is 0 Å². The van der Waals surface area contributed by atoms with Crippen LogP contribution < -0.4 is 19.5 Å². The minimum Gasteiger partial charge on any atom is -0.454 e. The fourth-order valence-electron chi connectivity index (χ4n) is 3.13. The topological polar surface area (TPSA) is 106 Å². The monoisotopic (exact) mass is 415 g/mol. The number of fused-ring (bicyclic) bond motifs is 1. The van der Waals surface area contributed by atoms with Crippen LogP contribution in [-0.2, 0) is 10.0 Å². The molecule has 0 bridgehead atoms. The van der Waals surface area contributed by atoms with Gasteiger partial charge < -0.3 is 14.8 Å². The number of nitrogens with zero attached hydrogens (tertiary/aromatic N) is 1. The van der Waals surface area contributed by atoms with Crippen LogP contribution in [0.15, 0.2) is 52.4 Å². The van der Waals surface area contributed by atoms with Crippen LogP contribution in [0.5, 0.6) is 11.5 Å². The highest BCUT2D eigenvalue weighted by atomic mass is 32.2. The second-order valence-corrected chi connectivity index (χ2v) is 8.47. The Kier molecular flexibility index (Phi) is 5.39. The van der Waals surface area contributed by atoms with Gasteiger partial charge in [0, 0.05) is 24.2 Å². The molecule has 152 valence electrons. The van der Waals surface area contributed by atoms with E-state index in [9.17, 15) is 13.2 Å². The zero-order valence-corrected chi connectivity index (χ0v) is 16.5. The van der Waals surface area contributed by atoms with Gasteiger partial charge in [-0.1, -0.05) is 6.42 Å². The number of anilines is 1. The summed E-state index contributed by atoms with van der Waals surface area (Å²) in [6.45, 7) is 0.777. The molecule has 0 aliphatic carbocycles. The molecule has 2 aliphatic heterocycles. The SMILES string of the molecule is O=C(Nc1ccc(S(=O)(=O)NC2=NCCCCC2)cc1)c1ccc2c(c1)OCO2. The van der Waals surface area contributed by atoms with Crippen LogP contribution in [0.4, 0.5) is 5.69 Å². The van der Waals surface area contributed by atoms with Crippen molar-refractivity contribution < 1.29 is 22.7 Å². The maximum Gasteiger partial charge on any atom is 0.262 e. The van der Waals surface area contributed by atoms with Crippen LogP contribution in [0.25, 0.3) is 0 Å². The number of amidine groups is 1. The van der Waals surface area contributed by atoms with Gasteiger partial charge in [0.1, 0.15) is 5.84 Å². The summed E-state index contributed by atoms with van der Waals surface area (Å²) in [6, 6.07) is 10.9. The number of rotatable bonds is 4. The van der Waals surface area contributed by atoms with Gasteiger partial charge in [0.25, 0.3) is 15.9 Å². The van der Waals surface area contributed by atoms with E-state index in [2.05, 4.69) is 15.0 Å². The molecule has 0 saturated carbocycles. The van der Waals surface area contributed by atoms with Gasteiger partial charge in [0.15, 0.2) is 11.5 Å². The van der Waals surface area contributed by atoms with Crippen molar-refractivity contribution in [2.24, 2.45) is 4.99 Å². The van der Waals surface area contributed by atoms with E-state index in [1.54, 1.807) is 30.3 Å². The average molecular weight is 415 g/mol. The smallest absolute Gasteiger partial charge is 0.262 e. The second kappa shape index (κ2) is 8.12. The van der Waals surface area contributed by atoms with E-state index in [0.717, 1.165) is 19.3 Å². The van der Waals surface area contributed by atoms with Crippen molar-refractivity contribution in [3.05, 3.63) is 48.0 Å². The van der Waals surface area contributed by atoms with Crippen LogP contribution in [0.3, 0.4) is 0 Å². The number of sulfonamides is 1. The third kappa shape index (κ3) is 4.51. The molecular formula is C20H21N3O5S. The number of carbonyl (C=O) groups excluding carboxylic acids is 1. The number of amides is 1. The summed E-state index contributed by atoms with van der Waals surface area (Å²) in [4.78, 5) is 16.9. The molecule has 0 radical (unpaired) electrons. The lowest BCUT2D eigenvalue weighted by atomic mass is 10.2. The van der Waals surface area contributed by atoms with E-state index in [4.69, 9.17) is 9.47 Å². The van der Waals surface area contributed by atoms with Crippen molar-refractivity contribution in [2.45, 2.75) is 30.6 Å². The van der Waals surface area contributed by atoms with Crippen molar-refractivity contribution in [2.75, 3.05) is 18.7 Å². The van der Waals surface area contributed by atoms with Crippen molar-refractivity contribution in [1.29, 1.82) is 0 Å². The molecule has 2 heterocycles. The zero-order valence-electron chi connectivity index (χ0n) is 15.7. The number of aliphatic imine (C=N–C) groups is 1. The molecule has 0 spiro atoms. The molecule has 4 rings (SSSR count). The number of ether oxygens (including phenoxy) is 2. The van der Waals surface area contributed by atoms with E-state index in [-0.39, 0.29) is 17.6 Å². The largest absolute Gasteiger partial charge is 0.454 e. The third-order valence-corrected chi connectivity index (χ3v) is 6.08. The first-order chi connectivity index (χ1) is 14.0. The summed E-state index contributed by atoms with van der Waals surface area (Å²) >= 11 is 0. The molecule has 0 aromatic heterocycles. The Morgan fingerprint density at radius 2 is 1.76 bits per heavy atom. The van der Waals surface area contributed by atoms with Gasteiger partial charge in [-0.15, -0.1) is 0 Å². The molecule has 8 nitrogen and oxygen atoms in total. The standard InChI is InChI=1S/C20H21N3O5S/c24-20(14-5-10-17-18(12-14)28-13-27-17)22-15-6-8-16(9-7-15)29(25,26)23-19-4-2-1-3-11-21-19/h5-10,12H,1-4,11,13H2,(H,21,23)(H,22,24). The molecule has 29 heavy (non-hydrogen) atoms. The van der Waals surface area contributed by atoms with Crippen molar-refractivity contribution >= 4 is 27.5 Å². The first-order valence-corrected chi connectivity index (χ1v) is 10.9. The van der Waals surface area contributed by atoms with Crippen molar-refractivity contribution in [3.8, 4) is 11.5 Å². The molecular weight excluding hydrogens is 394 g/mol. The van der Waals surface area contributed by atoms with E-state index in [1.807, 2.05) is 0 Å². The lowest BCUT2D eigenvalue weighted by Crippen LogP contribution is -2.30. The van der Waals surface area contributed by atoms with Crippen LogP contribution in [0.2, 0.25) is 0 Å². The lowest BCUT2D eigenvalue weighted by Gasteiger charge is -2.11. The minimum absolute atomic E-state index is 0.116. The van der Waals surface area contributed by atoms with Crippen molar-refractivity contribution in [3.63, 3.8) is 0 Å². The van der Waals surface area contributed by atoms with Gasteiger partial charge in [0.05, 0.1) is 4.90 Å². The van der Waals surface area contributed by atoms with Gasteiger partial charge in [-0.05, 0) is 55.3 Å². The summed E-state index contributed by atoms with van der Waals surface area (Å²) in [7, 11) is -3.70. The normalized spacial score (nSPS) is 15.9. The Hall–Kier alpha value is -3.07. The van der Waals surface area contributed by atoms with E-state index < -0.39 is 10.0 Å². The lowest BCUT2D eigenvalue weighted by molar-refractivity contribution is 0.102. The van der Waals surface area contributed by atoms with Crippen molar-refractivity contribution in [1.82, 2.24) is 4.72 Å². The Bertz CT molecular complexity index is 1050. The molecule has 0 atom stereocenters. The summed E-state index contributed by atoms with van der Waals surface area (Å²) in [6.07, 6.45) is 3.57. The van der Waals surface area contributed by atoms with Gasteiger partial charge in [-0.25, -0.2) is 8.42 Å². The number of carbonyl (C=O) groups is 1. The van der Waals surface area contributed by atoms with Gasteiger partial charge >= 0.3 is 0 Å². The number of benzene rings is 2. The molecule has 9 heteroatoms. The minimum atomic E-state index is -3.70. The van der Waals surface area contributed by atoms with Crippen LogP contribution in [0.1, 0.15) is 36.0 Å². The summed E-state index contributed by atoms with van der Waals surface area (Å²) in [5.74, 6) is 1.29. The maximum atomic E-state index is 12.6. The maximum absolute atomic E-state index is 12.6. The van der Waals surface area contributed by atoms with Crippen LogP contribution in [-0.4, -0.2) is 33.5 Å². The third-order valence-electron chi connectivity index (χ3n) is 4.68. The molecule has 1 amide bonds. The Morgan fingerprint density at radius 3 is 2.59 bits per heavy atom. The fraction of sp³-hybridized carbons (Fsp3) is 0.300. The molecule has 0 saturated heterocycles. The predicted molar refractivity (Wildman–Crippen MR) is 108 cm³/mol. The number of nitrogens with one attached hydrogen (secondary N) is 2. The Balaban J connectivity index is 1.43. The Labute approximate surface area is 169 Å². The number of hydrogen-bond acceptors (Lipinski definition) is 6. The predicted octanol–water partition coefficient (Wildman–Crippen LogP) is 2.92. The zero-order chi connectivity index (χ0) is 20.3. The molecule has 2 aromatic rings. The Morgan fingerprint density at radius 1 is 0.966 bits per heavy atom. The average Bonchev–Trinajstić information content (AvgIpc) is 3.04. The van der Waals surface area contributed by atoms with Gasteiger partial charge in [0.2, 0.25) is 6.79 Å². The molecule has 2 N–H and O–H groups in total. The second-order valence-electron chi connectivity index (χ2n) is 6.79. The van der Waals surface area contributed by atoms with Crippen LogP contribution >= 0.6 is 0 Å². The summed E-state index contributed by atoms with van der Waals surface area (Å²) in [5, 5.41) is 2.74. The van der Waals surface area contributed by atoms with E-state index in [0.29, 0.717) is 41.6 Å². The first-order valence-electron chi connectivity index (χ1n) is 9.38. The molecule has 0 fully saturated rings. The molecule has 2 aliphatic rings. The summed E-state index contributed by atoms with van der Waals surface area (Å²) < 4.78 is 38.2. The molecule has 2 aromatic carbocycles. The highest BCUT2D eigenvalue weighted by Gasteiger charge is 2.18. The quantitative estimate of drug-likeness (QED) is 0.799. The molecule has 0 unspecified atom stereocenters. The highest BCUT2D eigenvalue weighted by Crippen LogP contribution is 2.32. The van der Waals surface area contributed by atoms with E-state index in [1.165, 1.54) is 12.1 Å². The fourth-order valence-corrected chi connectivity index (χ4v) is 4.22. The summed E-state index contributed by atoms with van der Waals surface area (Å²) in [5.41, 5.74) is 0.900. The van der Waals surface area contributed by atoms with E-state index >= 15 is 0 Å². The van der Waals surface area contributed by atoms with Gasteiger partial charge in [-0.3, -0.25) is 14.5 Å².